The molecule has 0 saturated carbocycles. The smallest absolute Gasteiger partial charge is 0.323 e. The summed E-state index contributed by atoms with van der Waals surface area (Å²) in [5.41, 5.74) is 2.72. The number of nitrogens with one attached hydrogen (secondary N) is 3. The van der Waals surface area contributed by atoms with Crippen molar-refractivity contribution in [2.24, 2.45) is 0 Å². The first-order chi connectivity index (χ1) is 13.1. The summed E-state index contributed by atoms with van der Waals surface area (Å²) in [7, 11) is 0. The van der Waals surface area contributed by atoms with Crippen LogP contribution in [-0.4, -0.2) is 16.9 Å². The molecule has 0 bridgehead atoms. The van der Waals surface area contributed by atoms with Crippen LogP contribution in [0.15, 0.2) is 66.1 Å². The number of amides is 3. The lowest BCUT2D eigenvalue weighted by Crippen LogP contribution is -2.19. The Labute approximate surface area is 161 Å². The molecule has 0 fully saturated rings. The average molecular weight is 378 g/mol. The van der Waals surface area contributed by atoms with Crippen LogP contribution in [0.5, 0.6) is 0 Å². The van der Waals surface area contributed by atoms with Gasteiger partial charge in [-0.3, -0.25) is 4.79 Å². The second-order valence-electron chi connectivity index (χ2n) is 5.64. The van der Waals surface area contributed by atoms with Gasteiger partial charge in [0, 0.05) is 28.5 Å². The molecule has 0 atom stereocenters. The molecule has 3 rings (SSSR count). The summed E-state index contributed by atoms with van der Waals surface area (Å²) in [6.07, 6.45) is 3.11. The molecule has 27 heavy (non-hydrogen) atoms. The van der Waals surface area contributed by atoms with Crippen LogP contribution in [0, 0.1) is 6.92 Å². The summed E-state index contributed by atoms with van der Waals surface area (Å²) in [6.45, 7) is 1.91. The largest absolute Gasteiger partial charge is 0.323 e. The molecule has 0 unspecified atom stereocenters. The zero-order valence-electron chi connectivity index (χ0n) is 14.6. The number of carbonyl (C=O) groups is 2. The van der Waals surface area contributed by atoms with Gasteiger partial charge >= 0.3 is 6.03 Å². The molecule has 2 aromatic carbocycles. The second kappa shape index (κ2) is 8.77. The minimum absolute atomic E-state index is 0.247. The summed E-state index contributed by atoms with van der Waals surface area (Å²) in [4.78, 5) is 28.2. The van der Waals surface area contributed by atoms with Crippen LogP contribution in [0.4, 0.5) is 21.9 Å². The Morgan fingerprint density at radius 3 is 2.07 bits per heavy atom. The number of benzene rings is 2. The van der Waals surface area contributed by atoms with Crippen molar-refractivity contribution in [3.8, 4) is 0 Å². The topological polar surface area (TPSA) is 83.1 Å². The van der Waals surface area contributed by atoms with E-state index >= 15 is 0 Å². The first-order valence-electron chi connectivity index (χ1n) is 8.23. The molecule has 1 aromatic heterocycles. The van der Waals surface area contributed by atoms with Gasteiger partial charge in [0.1, 0.15) is 0 Å². The molecule has 1 heterocycles. The first-order valence-corrected chi connectivity index (χ1v) is 9.11. The fourth-order valence-electron chi connectivity index (χ4n) is 2.25. The van der Waals surface area contributed by atoms with Crippen molar-refractivity contribution < 1.29 is 9.59 Å². The monoisotopic (exact) mass is 378 g/mol. The van der Waals surface area contributed by atoms with E-state index < -0.39 is 0 Å². The van der Waals surface area contributed by atoms with E-state index in [4.69, 9.17) is 0 Å². The third-order valence-corrected chi connectivity index (χ3v) is 4.28. The molecular formula is C20H18N4O2S. The highest BCUT2D eigenvalue weighted by molar-refractivity contribution is 7.09. The molecule has 0 aliphatic heterocycles. The van der Waals surface area contributed by atoms with Gasteiger partial charge in [-0.05, 0) is 49.4 Å². The Bertz CT molecular complexity index is 950. The van der Waals surface area contributed by atoms with Crippen molar-refractivity contribution in [1.82, 2.24) is 4.98 Å². The normalized spacial score (nSPS) is 10.6. The van der Waals surface area contributed by atoms with Gasteiger partial charge in [-0.1, -0.05) is 18.2 Å². The zero-order valence-corrected chi connectivity index (χ0v) is 15.4. The molecule has 3 amide bonds. The minimum Gasteiger partial charge on any atom is -0.323 e. The van der Waals surface area contributed by atoms with E-state index in [1.54, 1.807) is 42.5 Å². The molecule has 7 heteroatoms. The molecule has 3 aromatic rings. The number of carbonyl (C=O) groups excluding carboxylic acids is 2. The van der Waals surface area contributed by atoms with Crippen LogP contribution >= 0.6 is 11.3 Å². The maximum Gasteiger partial charge on any atom is 0.323 e. The SMILES string of the molecule is Cc1nc(/C=C/C(=O)Nc2ccc(NC(=O)Nc3ccccc3)cc2)cs1. The van der Waals surface area contributed by atoms with E-state index in [0.717, 1.165) is 10.7 Å². The van der Waals surface area contributed by atoms with Crippen LogP contribution in [-0.2, 0) is 4.79 Å². The fraction of sp³-hybridized carbons (Fsp3) is 0.0500. The molecule has 0 radical (unpaired) electrons. The van der Waals surface area contributed by atoms with Crippen LogP contribution in [0.3, 0.4) is 0 Å². The third kappa shape index (κ3) is 5.79. The van der Waals surface area contributed by atoms with Crippen LogP contribution in [0.1, 0.15) is 10.7 Å². The maximum absolute atomic E-state index is 12.0. The molecular weight excluding hydrogens is 360 g/mol. The van der Waals surface area contributed by atoms with Gasteiger partial charge < -0.3 is 16.0 Å². The van der Waals surface area contributed by atoms with E-state index in [0.29, 0.717) is 17.1 Å². The van der Waals surface area contributed by atoms with Crippen LogP contribution in [0.2, 0.25) is 0 Å². The van der Waals surface area contributed by atoms with Gasteiger partial charge in [0.15, 0.2) is 0 Å². The molecule has 136 valence electrons. The Hall–Kier alpha value is -3.45. The van der Waals surface area contributed by atoms with Crippen LogP contribution in [0.25, 0.3) is 6.08 Å². The number of rotatable bonds is 5. The number of anilines is 3. The number of nitrogens with zero attached hydrogens (tertiary/aromatic N) is 1. The van der Waals surface area contributed by atoms with Gasteiger partial charge in [-0.25, -0.2) is 9.78 Å². The highest BCUT2D eigenvalue weighted by Gasteiger charge is 2.03. The first kappa shape index (κ1) is 18.3. The van der Waals surface area contributed by atoms with Crippen molar-refractivity contribution in [3.05, 3.63) is 76.8 Å². The number of aromatic nitrogens is 1. The summed E-state index contributed by atoms with van der Waals surface area (Å²) in [5, 5.41) is 11.1. The Balaban J connectivity index is 1.51. The van der Waals surface area contributed by atoms with E-state index in [2.05, 4.69) is 20.9 Å². The fourth-order valence-corrected chi connectivity index (χ4v) is 2.83. The molecule has 0 saturated heterocycles. The highest BCUT2D eigenvalue weighted by Crippen LogP contribution is 2.15. The lowest BCUT2D eigenvalue weighted by molar-refractivity contribution is -0.111. The molecule has 0 spiro atoms. The van der Waals surface area contributed by atoms with Crippen LogP contribution < -0.4 is 16.0 Å². The van der Waals surface area contributed by atoms with Crippen molar-refractivity contribution in [2.75, 3.05) is 16.0 Å². The molecule has 3 N–H and O–H groups in total. The van der Waals surface area contributed by atoms with E-state index in [1.165, 1.54) is 17.4 Å². The van der Waals surface area contributed by atoms with Gasteiger partial charge in [0.25, 0.3) is 0 Å². The second-order valence-corrected chi connectivity index (χ2v) is 6.70. The molecule has 0 aliphatic rings. The van der Waals surface area contributed by atoms with Gasteiger partial charge in [0.05, 0.1) is 10.7 Å². The Morgan fingerprint density at radius 1 is 0.889 bits per heavy atom. The number of para-hydroxylation sites is 1. The summed E-state index contributed by atoms with van der Waals surface area (Å²) >= 11 is 1.53. The summed E-state index contributed by atoms with van der Waals surface area (Å²) < 4.78 is 0. The van der Waals surface area contributed by atoms with E-state index in [9.17, 15) is 9.59 Å². The predicted octanol–water partition coefficient (Wildman–Crippen LogP) is 4.75. The lowest BCUT2D eigenvalue weighted by atomic mass is 10.2. The average Bonchev–Trinajstić information content (AvgIpc) is 3.08. The Kier molecular flexibility index (Phi) is 5.96. The quantitative estimate of drug-likeness (QED) is 0.560. The Morgan fingerprint density at radius 2 is 1.48 bits per heavy atom. The number of hydrogen-bond donors (Lipinski definition) is 3. The lowest BCUT2D eigenvalue weighted by Gasteiger charge is -2.08. The highest BCUT2D eigenvalue weighted by atomic mass is 32.1. The predicted molar refractivity (Wildman–Crippen MR) is 110 cm³/mol. The van der Waals surface area contributed by atoms with Gasteiger partial charge in [-0.2, -0.15) is 0 Å². The van der Waals surface area contributed by atoms with E-state index in [-0.39, 0.29) is 11.9 Å². The molecule has 0 aliphatic carbocycles. The third-order valence-electron chi connectivity index (χ3n) is 3.48. The standard InChI is InChI=1S/C20H18N4O2S/c1-14-21-18(13-27-14)11-12-19(25)22-16-7-9-17(10-8-16)24-20(26)23-15-5-3-2-4-6-15/h2-13H,1H3,(H,22,25)(H2,23,24,26)/b12-11+. The van der Waals surface area contributed by atoms with Gasteiger partial charge in [-0.15, -0.1) is 11.3 Å². The summed E-state index contributed by atoms with van der Waals surface area (Å²) in [6, 6.07) is 15.7. The van der Waals surface area contributed by atoms with Crippen molar-refractivity contribution in [1.29, 1.82) is 0 Å². The van der Waals surface area contributed by atoms with E-state index in [1.807, 2.05) is 30.5 Å². The minimum atomic E-state index is -0.334. The van der Waals surface area contributed by atoms with Crippen molar-refractivity contribution in [2.45, 2.75) is 6.92 Å². The van der Waals surface area contributed by atoms with Gasteiger partial charge in [0.2, 0.25) is 5.91 Å². The van der Waals surface area contributed by atoms with Crippen molar-refractivity contribution >= 4 is 46.4 Å². The maximum atomic E-state index is 12.0. The number of urea groups is 1. The number of aryl methyl sites for hydroxylation is 1. The summed E-state index contributed by atoms with van der Waals surface area (Å²) in [5.74, 6) is -0.247. The zero-order chi connectivity index (χ0) is 19.1. The van der Waals surface area contributed by atoms with Crippen molar-refractivity contribution in [3.63, 3.8) is 0 Å². The number of thiazole rings is 1. The number of hydrogen-bond acceptors (Lipinski definition) is 4. The molecule has 6 nitrogen and oxygen atoms in total.